The van der Waals surface area contributed by atoms with Crippen molar-refractivity contribution in [3.63, 3.8) is 0 Å². The van der Waals surface area contributed by atoms with Crippen LogP contribution >= 0.6 is 23.2 Å². The molecule has 0 fully saturated rings. The molecule has 0 saturated heterocycles. The van der Waals surface area contributed by atoms with Crippen molar-refractivity contribution in [2.75, 3.05) is 0 Å². The van der Waals surface area contributed by atoms with Crippen LogP contribution in [0, 0.1) is 0 Å². The van der Waals surface area contributed by atoms with Crippen molar-refractivity contribution in [1.29, 1.82) is 0 Å². The smallest absolute Gasteiger partial charge is 0.268 e. The number of carbonyl (C=O) groups excluding carboxylic acids is 2. The SMILES string of the molecule is C[C@@H](NC(=O)/C(=C/c1ccc(-c2ccc(Cl)cc2)o1)NC(=O)c1ccc(Cl)cc1)c1ccccc1. The monoisotopic (exact) mass is 504 g/mol. The first-order valence-electron chi connectivity index (χ1n) is 10.9. The van der Waals surface area contributed by atoms with Crippen LogP contribution in [0.1, 0.15) is 34.6 Å². The molecule has 7 heteroatoms. The van der Waals surface area contributed by atoms with Gasteiger partial charge in [-0.05, 0) is 73.2 Å². The lowest BCUT2D eigenvalue weighted by molar-refractivity contribution is -0.118. The van der Waals surface area contributed by atoms with Crippen molar-refractivity contribution in [2.24, 2.45) is 0 Å². The maximum absolute atomic E-state index is 13.2. The Balaban J connectivity index is 1.60. The van der Waals surface area contributed by atoms with Crippen LogP contribution in [0.2, 0.25) is 10.0 Å². The Morgan fingerprint density at radius 1 is 0.829 bits per heavy atom. The number of halogens is 2. The summed E-state index contributed by atoms with van der Waals surface area (Å²) in [6, 6.07) is 26.4. The molecule has 5 nitrogen and oxygen atoms in total. The molecule has 1 atom stereocenters. The number of hydrogen-bond acceptors (Lipinski definition) is 3. The van der Waals surface area contributed by atoms with Crippen LogP contribution in [-0.4, -0.2) is 11.8 Å². The molecule has 4 rings (SSSR count). The molecule has 3 aromatic carbocycles. The molecule has 176 valence electrons. The normalized spacial score (nSPS) is 12.1. The highest BCUT2D eigenvalue weighted by Gasteiger charge is 2.18. The maximum atomic E-state index is 13.2. The van der Waals surface area contributed by atoms with Gasteiger partial charge in [-0.2, -0.15) is 0 Å². The molecule has 0 aliphatic rings. The zero-order valence-corrected chi connectivity index (χ0v) is 20.3. The molecule has 0 unspecified atom stereocenters. The van der Waals surface area contributed by atoms with E-state index in [-0.39, 0.29) is 11.7 Å². The highest BCUT2D eigenvalue weighted by Crippen LogP contribution is 2.25. The summed E-state index contributed by atoms with van der Waals surface area (Å²) in [5.74, 6) is 0.117. The molecule has 2 N–H and O–H groups in total. The number of carbonyl (C=O) groups is 2. The van der Waals surface area contributed by atoms with Crippen molar-refractivity contribution in [3.05, 3.63) is 124 Å². The first kappa shape index (κ1) is 24.3. The van der Waals surface area contributed by atoms with E-state index in [1.165, 1.54) is 6.08 Å². The highest BCUT2D eigenvalue weighted by molar-refractivity contribution is 6.31. The van der Waals surface area contributed by atoms with Crippen molar-refractivity contribution in [2.45, 2.75) is 13.0 Å². The van der Waals surface area contributed by atoms with Crippen LogP contribution in [0.15, 0.2) is 101 Å². The van der Waals surface area contributed by atoms with E-state index in [1.54, 1.807) is 48.5 Å². The van der Waals surface area contributed by atoms with Gasteiger partial charge in [0.2, 0.25) is 0 Å². The summed E-state index contributed by atoms with van der Waals surface area (Å²) in [5.41, 5.74) is 2.19. The maximum Gasteiger partial charge on any atom is 0.268 e. The number of nitrogens with one attached hydrogen (secondary N) is 2. The Labute approximate surface area is 213 Å². The van der Waals surface area contributed by atoms with Crippen molar-refractivity contribution in [1.82, 2.24) is 10.6 Å². The van der Waals surface area contributed by atoms with E-state index in [2.05, 4.69) is 10.6 Å². The summed E-state index contributed by atoms with van der Waals surface area (Å²) in [7, 11) is 0. The van der Waals surface area contributed by atoms with Gasteiger partial charge in [0.1, 0.15) is 17.2 Å². The van der Waals surface area contributed by atoms with Crippen molar-refractivity contribution < 1.29 is 14.0 Å². The standard InChI is InChI=1S/C28H22Cl2N2O3/c1-18(19-5-3-2-4-6-19)31-28(34)25(32-27(33)21-9-13-23(30)14-10-21)17-24-15-16-26(35-24)20-7-11-22(29)12-8-20/h2-18H,1H3,(H,31,34)(H,32,33)/b25-17-/t18-/m1/s1. The van der Waals surface area contributed by atoms with Crippen LogP contribution in [0.3, 0.4) is 0 Å². The summed E-state index contributed by atoms with van der Waals surface area (Å²) >= 11 is 11.9. The summed E-state index contributed by atoms with van der Waals surface area (Å²) in [6.45, 7) is 1.87. The summed E-state index contributed by atoms with van der Waals surface area (Å²) in [4.78, 5) is 26.1. The fraction of sp³-hybridized carbons (Fsp3) is 0.0714. The van der Waals surface area contributed by atoms with E-state index in [4.69, 9.17) is 27.6 Å². The molecule has 0 saturated carbocycles. The fourth-order valence-electron chi connectivity index (χ4n) is 3.40. The van der Waals surface area contributed by atoms with Gasteiger partial charge in [0, 0.05) is 27.2 Å². The molecular weight excluding hydrogens is 483 g/mol. The minimum Gasteiger partial charge on any atom is -0.457 e. The van der Waals surface area contributed by atoms with Crippen LogP contribution in [0.5, 0.6) is 0 Å². The highest BCUT2D eigenvalue weighted by atomic mass is 35.5. The molecular formula is C28H22Cl2N2O3. The second-order valence-corrected chi connectivity index (χ2v) is 8.71. The van der Waals surface area contributed by atoms with Crippen molar-refractivity contribution >= 4 is 41.1 Å². The lowest BCUT2D eigenvalue weighted by Crippen LogP contribution is -2.36. The predicted octanol–water partition coefficient (Wildman–Crippen LogP) is 6.90. The zero-order valence-electron chi connectivity index (χ0n) is 18.8. The average Bonchev–Trinajstić information content (AvgIpc) is 3.33. The molecule has 2 amide bonds. The minimum atomic E-state index is -0.451. The third-order valence-electron chi connectivity index (χ3n) is 5.29. The Kier molecular flexibility index (Phi) is 7.70. The molecule has 1 aromatic heterocycles. The van der Waals surface area contributed by atoms with Gasteiger partial charge in [-0.1, -0.05) is 53.5 Å². The molecule has 0 bridgehead atoms. The first-order valence-corrected chi connectivity index (χ1v) is 11.6. The Hall–Kier alpha value is -3.80. The second-order valence-electron chi connectivity index (χ2n) is 7.83. The third-order valence-corrected chi connectivity index (χ3v) is 5.79. The van der Waals surface area contributed by atoms with E-state index in [9.17, 15) is 9.59 Å². The number of benzene rings is 3. The Bertz CT molecular complexity index is 1350. The van der Waals surface area contributed by atoms with E-state index in [0.29, 0.717) is 27.1 Å². The number of hydrogen-bond donors (Lipinski definition) is 2. The van der Waals surface area contributed by atoms with Crippen molar-refractivity contribution in [3.8, 4) is 11.3 Å². The van der Waals surface area contributed by atoms with Gasteiger partial charge in [-0.15, -0.1) is 0 Å². The number of furan rings is 1. The third kappa shape index (κ3) is 6.41. The molecule has 35 heavy (non-hydrogen) atoms. The van der Waals surface area contributed by atoms with Crippen LogP contribution in [0.25, 0.3) is 17.4 Å². The number of amides is 2. The van der Waals surface area contributed by atoms with Gasteiger partial charge >= 0.3 is 0 Å². The predicted molar refractivity (Wildman–Crippen MR) is 139 cm³/mol. The van der Waals surface area contributed by atoms with Gasteiger partial charge in [0.05, 0.1) is 6.04 Å². The molecule has 0 radical (unpaired) electrons. The molecule has 0 spiro atoms. The summed E-state index contributed by atoms with van der Waals surface area (Å²) < 4.78 is 5.91. The quantitative estimate of drug-likeness (QED) is 0.269. The van der Waals surface area contributed by atoms with Gasteiger partial charge in [-0.25, -0.2) is 0 Å². The van der Waals surface area contributed by atoms with E-state index >= 15 is 0 Å². The molecule has 0 aliphatic carbocycles. The molecule has 1 heterocycles. The van der Waals surface area contributed by atoms with Crippen LogP contribution in [-0.2, 0) is 4.79 Å². The summed E-state index contributed by atoms with van der Waals surface area (Å²) in [6.07, 6.45) is 1.50. The van der Waals surface area contributed by atoms with E-state index in [0.717, 1.165) is 11.1 Å². The molecule has 4 aromatic rings. The Morgan fingerprint density at radius 2 is 1.46 bits per heavy atom. The number of rotatable bonds is 7. The largest absolute Gasteiger partial charge is 0.457 e. The lowest BCUT2D eigenvalue weighted by atomic mass is 10.1. The van der Waals surface area contributed by atoms with Gasteiger partial charge in [-0.3, -0.25) is 9.59 Å². The first-order chi connectivity index (χ1) is 16.9. The van der Waals surface area contributed by atoms with Crippen LogP contribution in [0.4, 0.5) is 0 Å². The van der Waals surface area contributed by atoms with Gasteiger partial charge in [0.25, 0.3) is 11.8 Å². The summed E-state index contributed by atoms with van der Waals surface area (Å²) in [5, 5.41) is 6.76. The molecule has 0 aliphatic heterocycles. The fourth-order valence-corrected chi connectivity index (χ4v) is 3.65. The van der Waals surface area contributed by atoms with Gasteiger partial charge < -0.3 is 15.1 Å². The topological polar surface area (TPSA) is 71.3 Å². The Morgan fingerprint density at radius 3 is 2.11 bits per heavy atom. The second kappa shape index (κ2) is 11.1. The van der Waals surface area contributed by atoms with Crippen LogP contribution < -0.4 is 10.6 Å². The van der Waals surface area contributed by atoms with Gasteiger partial charge in [0.15, 0.2) is 0 Å². The minimum absolute atomic E-state index is 0.0461. The lowest BCUT2D eigenvalue weighted by Gasteiger charge is -2.16. The van der Waals surface area contributed by atoms with E-state index in [1.807, 2.05) is 49.4 Å². The van der Waals surface area contributed by atoms with E-state index < -0.39 is 11.8 Å². The average molecular weight is 505 g/mol. The zero-order chi connectivity index (χ0) is 24.8.